The molecule has 0 spiro atoms. The van der Waals surface area contributed by atoms with Gasteiger partial charge in [-0.15, -0.1) is 0 Å². The standard InChI is InChI=1S/C15H20O5S/c1-5-20-14(17)15(2,3)13(16)10-21(18)12-8-6-7-11(9-12)19-4/h6-9H,5,10H2,1-4H3. The molecule has 6 heteroatoms. The van der Waals surface area contributed by atoms with Crippen LogP contribution in [0.5, 0.6) is 5.75 Å². The molecule has 0 bridgehead atoms. The fourth-order valence-corrected chi connectivity index (χ4v) is 2.79. The molecule has 1 aromatic rings. The van der Waals surface area contributed by atoms with Gasteiger partial charge in [-0.25, -0.2) is 0 Å². The molecule has 0 radical (unpaired) electrons. The van der Waals surface area contributed by atoms with Crippen LogP contribution in [0.1, 0.15) is 20.8 Å². The summed E-state index contributed by atoms with van der Waals surface area (Å²) in [5.41, 5.74) is -1.30. The maximum atomic E-state index is 12.2. The minimum Gasteiger partial charge on any atom is -0.497 e. The van der Waals surface area contributed by atoms with Crippen LogP contribution in [0.4, 0.5) is 0 Å². The highest BCUT2D eigenvalue weighted by molar-refractivity contribution is 7.85. The Morgan fingerprint density at radius 2 is 1.95 bits per heavy atom. The van der Waals surface area contributed by atoms with Gasteiger partial charge in [0.1, 0.15) is 11.2 Å². The lowest BCUT2D eigenvalue weighted by Crippen LogP contribution is -2.37. The van der Waals surface area contributed by atoms with E-state index in [1.165, 1.54) is 21.0 Å². The van der Waals surface area contributed by atoms with Gasteiger partial charge in [0, 0.05) is 4.90 Å². The molecule has 0 aliphatic rings. The molecule has 0 heterocycles. The second kappa shape index (κ2) is 7.36. The van der Waals surface area contributed by atoms with E-state index in [9.17, 15) is 13.8 Å². The molecule has 0 N–H and O–H groups in total. The van der Waals surface area contributed by atoms with Gasteiger partial charge in [0.15, 0.2) is 5.78 Å². The van der Waals surface area contributed by atoms with E-state index in [1.54, 1.807) is 31.2 Å². The van der Waals surface area contributed by atoms with E-state index in [0.717, 1.165) is 0 Å². The third-order valence-electron chi connectivity index (χ3n) is 3.05. The predicted molar refractivity (Wildman–Crippen MR) is 79.7 cm³/mol. The Kier molecular flexibility index (Phi) is 6.08. The van der Waals surface area contributed by atoms with Gasteiger partial charge >= 0.3 is 5.97 Å². The van der Waals surface area contributed by atoms with Gasteiger partial charge in [-0.3, -0.25) is 13.8 Å². The number of benzene rings is 1. The van der Waals surface area contributed by atoms with E-state index in [0.29, 0.717) is 10.6 Å². The van der Waals surface area contributed by atoms with Crippen molar-refractivity contribution in [3.8, 4) is 5.75 Å². The molecule has 1 rings (SSSR count). The molecule has 0 aromatic heterocycles. The molecule has 0 aliphatic carbocycles. The van der Waals surface area contributed by atoms with Crippen molar-refractivity contribution in [3.63, 3.8) is 0 Å². The molecule has 0 saturated heterocycles. The monoisotopic (exact) mass is 312 g/mol. The highest BCUT2D eigenvalue weighted by Crippen LogP contribution is 2.22. The van der Waals surface area contributed by atoms with Crippen LogP contribution in [0, 0.1) is 5.41 Å². The average Bonchev–Trinajstić information content (AvgIpc) is 2.47. The maximum absolute atomic E-state index is 12.2. The quantitative estimate of drug-likeness (QED) is 0.568. The highest BCUT2D eigenvalue weighted by Gasteiger charge is 2.38. The smallest absolute Gasteiger partial charge is 0.319 e. The second-order valence-corrected chi connectivity index (χ2v) is 6.39. The first kappa shape index (κ1) is 17.4. The number of hydrogen-bond acceptors (Lipinski definition) is 5. The lowest BCUT2D eigenvalue weighted by atomic mass is 9.89. The number of esters is 1. The molecule has 0 fully saturated rings. The lowest BCUT2D eigenvalue weighted by Gasteiger charge is -2.20. The number of carbonyl (C=O) groups excluding carboxylic acids is 2. The van der Waals surface area contributed by atoms with Gasteiger partial charge in [0.05, 0.1) is 30.3 Å². The molecule has 116 valence electrons. The average molecular weight is 312 g/mol. The Labute approximate surface area is 127 Å². The molecule has 1 unspecified atom stereocenters. The number of carbonyl (C=O) groups is 2. The largest absolute Gasteiger partial charge is 0.497 e. The van der Waals surface area contributed by atoms with Gasteiger partial charge in [0.25, 0.3) is 0 Å². The van der Waals surface area contributed by atoms with Gasteiger partial charge in [-0.05, 0) is 39.0 Å². The van der Waals surface area contributed by atoms with Crippen molar-refractivity contribution >= 4 is 22.6 Å². The van der Waals surface area contributed by atoms with E-state index in [4.69, 9.17) is 9.47 Å². The summed E-state index contributed by atoms with van der Waals surface area (Å²) in [6.07, 6.45) is 0. The van der Waals surface area contributed by atoms with Crippen LogP contribution in [0.3, 0.4) is 0 Å². The Bertz CT molecular complexity index is 551. The maximum Gasteiger partial charge on any atom is 0.319 e. The molecule has 1 atom stereocenters. The summed E-state index contributed by atoms with van der Waals surface area (Å²) in [6.45, 7) is 4.84. The van der Waals surface area contributed by atoms with E-state index >= 15 is 0 Å². The van der Waals surface area contributed by atoms with Crippen molar-refractivity contribution in [2.45, 2.75) is 25.7 Å². The second-order valence-electron chi connectivity index (χ2n) is 4.94. The zero-order chi connectivity index (χ0) is 16.0. The van der Waals surface area contributed by atoms with E-state index in [2.05, 4.69) is 0 Å². The minimum absolute atomic E-state index is 0.203. The number of methoxy groups -OCH3 is 1. The fourth-order valence-electron chi connectivity index (χ4n) is 1.55. The molecule has 0 amide bonds. The number of hydrogen-bond donors (Lipinski definition) is 0. The summed E-state index contributed by atoms with van der Waals surface area (Å²) in [6, 6.07) is 6.70. The van der Waals surface area contributed by atoms with Crippen LogP contribution in [0.25, 0.3) is 0 Å². The number of ether oxygens (including phenoxy) is 2. The highest BCUT2D eigenvalue weighted by atomic mass is 32.2. The number of rotatable bonds is 7. The Hall–Kier alpha value is -1.69. The van der Waals surface area contributed by atoms with Gasteiger partial charge in [0.2, 0.25) is 0 Å². The Morgan fingerprint density at radius 3 is 2.52 bits per heavy atom. The molecular formula is C15H20O5S. The van der Waals surface area contributed by atoms with Gasteiger partial charge < -0.3 is 9.47 Å². The van der Waals surface area contributed by atoms with Gasteiger partial charge in [-0.2, -0.15) is 0 Å². The normalized spacial score (nSPS) is 12.6. The first-order valence-electron chi connectivity index (χ1n) is 6.55. The van der Waals surface area contributed by atoms with Crippen LogP contribution >= 0.6 is 0 Å². The Morgan fingerprint density at radius 1 is 1.29 bits per heavy atom. The van der Waals surface area contributed by atoms with E-state index < -0.39 is 28.0 Å². The summed E-state index contributed by atoms with van der Waals surface area (Å²) in [5.74, 6) is -0.684. The number of Topliss-reactive ketones (excluding diaryl/α,β-unsaturated/α-hetero) is 1. The summed E-state index contributed by atoms with van der Waals surface area (Å²) in [5, 5.41) is 0. The SMILES string of the molecule is CCOC(=O)C(C)(C)C(=O)CS(=O)c1cccc(OC)c1. The van der Waals surface area contributed by atoms with Crippen LogP contribution in [0.15, 0.2) is 29.2 Å². The summed E-state index contributed by atoms with van der Waals surface area (Å²) < 4.78 is 22.2. The van der Waals surface area contributed by atoms with Crippen molar-refractivity contribution in [3.05, 3.63) is 24.3 Å². The van der Waals surface area contributed by atoms with E-state index in [1.807, 2.05) is 0 Å². The van der Waals surface area contributed by atoms with Crippen molar-refractivity contribution < 1.29 is 23.3 Å². The van der Waals surface area contributed by atoms with Crippen molar-refractivity contribution in [1.82, 2.24) is 0 Å². The third-order valence-corrected chi connectivity index (χ3v) is 4.35. The summed E-state index contributed by atoms with van der Waals surface area (Å²) >= 11 is 0. The van der Waals surface area contributed by atoms with Gasteiger partial charge in [-0.1, -0.05) is 6.07 Å². The fraction of sp³-hybridized carbons (Fsp3) is 0.467. The first-order chi connectivity index (χ1) is 9.82. The Balaban J connectivity index is 2.82. The summed E-state index contributed by atoms with van der Waals surface area (Å²) in [4.78, 5) is 24.4. The molecule has 0 saturated carbocycles. The summed E-state index contributed by atoms with van der Waals surface area (Å²) in [7, 11) is -0.0187. The molecule has 0 aliphatic heterocycles. The molecule has 5 nitrogen and oxygen atoms in total. The zero-order valence-electron chi connectivity index (χ0n) is 12.7. The molecular weight excluding hydrogens is 292 g/mol. The molecule has 1 aromatic carbocycles. The van der Waals surface area contributed by atoms with Crippen LogP contribution in [-0.2, 0) is 25.1 Å². The van der Waals surface area contributed by atoms with Crippen molar-refractivity contribution in [1.29, 1.82) is 0 Å². The van der Waals surface area contributed by atoms with Crippen LogP contribution < -0.4 is 4.74 Å². The van der Waals surface area contributed by atoms with Crippen LogP contribution in [-0.4, -0.2) is 35.4 Å². The molecule has 21 heavy (non-hydrogen) atoms. The van der Waals surface area contributed by atoms with E-state index in [-0.39, 0.29) is 12.4 Å². The third kappa shape index (κ3) is 4.39. The van der Waals surface area contributed by atoms with Crippen molar-refractivity contribution in [2.75, 3.05) is 19.5 Å². The zero-order valence-corrected chi connectivity index (χ0v) is 13.5. The van der Waals surface area contributed by atoms with Crippen LogP contribution in [0.2, 0.25) is 0 Å². The topological polar surface area (TPSA) is 69.7 Å². The predicted octanol–water partition coefficient (Wildman–Crippen LogP) is 1.96. The minimum atomic E-state index is -1.53. The number of ketones is 1. The van der Waals surface area contributed by atoms with Crippen molar-refractivity contribution in [2.24, 2.45) is 5.41 Å². The lowest BCUT2D eigenvalue weighted by molar-refractivity contribution is -0.157. The first-order valence-corrected chi connectivity index (χ1v) is 7.87.